The van der Waals surface area contributed by atoms with E-state index in [1.165, 1.54) is 0 Å². The molecule has 3 aromatic rings. The lowest BCUT2D eigenvalue weighted by molar-refractivity contribution is -0.194. The zero-order valence-corrected chi connectivity index (χ0v) is 15.8. The Morgan fingerprint density at radius 2 is 2.00 bits per heavy atom. The topological polar surface area (TPSA) is 125 Å². The number of fused-ring (bicyclic) bond motifs is 1. The fraction of sp³-hybridized carbons (Fsp3) is 0.294. The first-order valence-corrected chi connectivity index (χ1v) is 8.99. The molecule has 4 rings (SSSR count). The summed E-state index contributed by atoms with van der Waals surface area (Å²) >= 11 is 5.82. The highest BCUT2D eigenvalue weighted by atomic mass is 35.5. The number of aliphatic hydroxyl groups is 1. The minimum absolute atomic E-state index is 0.00337. The second-order valence-electron chi connectivity index (χ2n) is 6.51. The summed E-state index contributed by atoms with van der Waals surface area (Å²) in [5, 5.41) is 22.5. The lowest BCUT2D eigenvalue weighted by atomic mass is 10.1. The molecule has 0 unspecified atom stereocenters. The van der Waals surface area contributed by atoms with Crippen molar-refractivity contribution in [3.63, 3.8) is 0 Å². The van der Waals surface area contributed by atoms with E-state index in [9.17, 15) is 23.5 Å². The third-order valence-corrected chi connectivity index (χ3v) is 4.63. The van der Waals surface area contributed by atoms with Crippen LogP contribution in [0.15, 0.2) is 35.4 Å². The Labute approximate surface area is 171 Å². The molecule has 0 amide bonds. The number of carbonyl (C=O) groups is 1. The van der Waals surface area contributed by atoms with Crippen molar-refractivity contribution in [1.82, 2.24) is 29.8 Å². The van der Waals surface area contributed by atoms with Crippen molar-refractivity contribution in [3.8, 4) is 5.88 Å². The number of aromatic nitrogens is 6. The molecule has 0 saturated heterocycles. The van der Waals surface area contributed by atoms with Gasteiger partial charge in [-0.2, -0.15) is 13.6 Å². The van der Waals surface area contributed by atoms with E-state index in [1.807, 2.05) is 0 Å². The van der Waals surface area contributed by atoms with Crippen LogP contribution in [-0.4, -0.2) is 46.8 Å². The van der Waals surface area contributed by atoms with E-state index in [0.717, 1.165) is 15.7 Å². The van der Waals surface area contributed by atoms with E-state index in [-0.39, 0.29) is 24.5 Å². The zero-order valence-electron chi connectivity index (χ0n) is 15.1. The van der Waals surface area contributed by atoms with Gasteiger partial charge in [0.2, 0.25) is 11.7 Å². The molecule has 0 saturated carbocycles. The SMILES string of the molecule is O=C1Cc2c(ncn(Cc3nnn(C[C@H](O)c4ccc(Cl)cc4)n3)c2=O)OC1(F)F. The summed E-state index contributed by atoms with van der Waals surface area (Å²) in [5.41, 5.74) is -0.379. The highest BCUT2D eigenvalue weighted by Gasteiger charge is 2.47. The van der Waals surface area contributed by atoms with E-state index in [2.05, 4.69) is 25.1 Å². The molecule has 0 radical (unpaired) electrons. The summed E-state index contributed by atoms with van der Waals surface area (Å²) in [5.74, 6) is -1.98. The first-order valence-electron chi connectivity index (χ1n) is 8.61. The van der Waals surface area contributed by atoms with Gasteiger partial charge in [0, 0.05) is 5.02 Å². The largest absolute Gasteiger partial charge is 0.462 e. The molecule has 0 spiro atoms. The van der Waals surface area contributed by atoms with Gasteiger partial charge in [-0.25, -0.2) is 4.98 Å². The molecule has 1 atom stereocenters. The summed E-state index contributed by atoms with van der Waals surface area (Å²) in [4.78, 5) is 28.7. The van der Waals surface area contributed by atoms with E-state index in [1.54, 1.807) is 24.3 Å². The fourth-order valence-corrected chi connectivity index (χ4v) is 2.95. The molecule has 13 heteroatoms. The van der Waals surface area contributed by atoms with Crippen molar-refractivity contribution in [1.29, 1.82) is 0 Å². The molecule has 10 nitrogen and oxygen atoms in total. The van der Waals surface area contributed by atoms with Crippen LogP contribution in [-0.2, 0) is 24.3 Å². The average Bonchev–Trinajstić information content (AvgIpc) is 3.13. The Bertz CT molecular complexity index is 1160. The van der Waals surface area contributed by atoms with Gasteiger partial charge in [0.25, 0.3) is 5.56 Å². The number of ketones is 1. The number of carbonyl (C=O) groups excluding carboxylic acids is 1. The number of ether oxygens (including phenoxy) is 1. The van der Waals surface area contributed by atoms with Crippen LogP contribution in [0, 0.1) is 0 Å². The van der Waals surface area contributed by atoms with Crippen molar-refractivity contribution in [2.75, 3.05) is 0 Å². The van der Waals surface area contributed by atoms with E-state index < -0.39 is 35.9 Å². The van der Waals surface area contributed by atoms with E-state index in [4.69, 9.17) is 11.6 Å². The zero-order chi connectivity index (χ0) is 21.5. The monoisotopic (exact) mass is 438 g/mol. The van der Waals surface area contributed by atoms with Gasteiger partial charge in [-0.1, -0.05) is 23.7 Å². The highest BCUT2D eigenvalue weighted by Crippen LogP contribution is 2.29. The first-order chi connectivity index (χ1) is 14.2. The number of nitrogens with zero attached hydrogens (tertiary/aromatic N) is 6. The second-order valence-corrected chi connectivity index (χ2v) is 6.94. The Morgan fingerprint density at radius 1 is 1.27 bits per heavy atom. The maximum Gasteiger partial charge on any atom is 0.462 e. The van der Waals surface area contributed by atoms with Crippen molar-refractivity contribution in [3.05, 3.63) is 62.9 Å². The number of rotatable bonds is 5. The van der Waals surface area contributed by atoms with Gasteiger partial charge in [0.05, 0.1) is 25.1 Å². The van der Waals surface area contributed by atoms with Crippen LogP contribution in [0.1, 0.15) is 23.1 Å². The smallest absolute Gasteiger partial charge is 0.408 e. The molecule has 0 fully saturated rings. The number of halogens is 3. The normalized spacial score (nSPS) is 16.1. The summed E-state index contributed by atoms with van der Waals surface area (Å²) in [6, 6.07) is 6.60. The molecule has 156 valence electrons. The van der Waals surface area contributed by atoms with Crippen LogP contribution in [0.3, 0.4) is 0 Å². The second kappa shape index (κ2) is 7.54. The van der Waals surface area contributed by atoms with Gasteiger partial charge < -0.3 is 9.84 Å². The molecule has 1 aliphatic rings. The predicted octanol–water partition coefficient (Wildman–Crippen LogP) is 0.762. The lowest BCUT2D eigenvalue weighted by Crippen LogP contribution is -2.43. The lowest BCUT2D eigenvalue weighted by Gasteiger charge is -2.22. The minimum Gasteiger partial charge on any atom is -0.408 e. The maximum absolute atomic E-state index is 13.3. The van der Waals surface area contributed by atoms with Crippen LogP contribution in [0.2, 0.25) is 5.02 Å². The predicted molar refractivity (Wildman–Crippen MR) is 96.1 cm³/mol. The summed E-state index contributed by atoms with van der Waals surface area (Å²) in [7, 11) is 0. The number of hydrogen-bond donors (Lipinski definition) is 1. The van der Waals surface area contributed by atoms with Gasteiger partial charge in [-0.15, -0.1) is 10.2 Å². The van der Waals surface area contributed by atoms with Crippen LogP contribution >= 0.6 is 11.6 Å². The Balaban J connectivity index is 1.49. The fourth-order valence-electron chi connectivity index (χ4n) is 2.83. The number of hydrogen-bond acceptors (Lipinski definition) is 8. The van der Waals surface area contributed by atoms with Gasteiger partial charge in [0.1, 0.15) is 12.4 Å². The number of tetrazole rings is 1. The van der Waals surface area contributed by atoms with Gasteiger partial charge >= 0.3 is 6.11 Å². The Morgan fingerprint density at radius 3 is 2.73 bits per heavy atom. The first kappa shape index (κ1) is 20.0. The molecule has 30 heavy (non-hydrogen) atoms. The van der Waals surface area contributed by atoms with Crippen molar-refractivity contribution in [2.24, 2.45) is 0 Å². The molecule has 0 aliphatic carbocycles. The summed E-state index contributed by atoms with van der Waals surface area (Å²) in [6.45, 7) is -0.163. The summed E-state index contributed by atoms with van der Waals surface area (Å²) in [6.07, 6.45) is -4.71. The molecular weight excluding hydrogens is 426 g/mol. The molecule has 1 N–H and O–H groups in total. The number of alkyl halides is 2. The number of Topliss-reactive ketones (excluding diaryl/α,β-unsaturated/α-hetero) is 1. The van der Waals surface area contributed by atoms with Gasteiger partial charge in [-0.05, 0) is 22.9 Å². The Kier molecular flexibility index (Phi) is 5.03. The minimum atomic E-state index is -4.01. The Hall–Kier alpha value is -3.25. The molecule has 1 aromatic carbocycles. The highest BCUT2D eigenvalue weighted by molar-refractivity contribution is 6.30. The van der Waals surface area contributed by atoms with Crippen LogP contribution in [0.4, 0.5) is 8.78 Å². The molecule has 3 heterocycles. The summed E-state index contributed by atoms with van der Waals surface area (Å²) < 4.78 is 31.9. The molecule has 2 aromatic heterocycles. The maximum atomic E-state index is 13.3. The van der Waals surface area contributed by atoms with E-state index >= 15 is 0 Å². The van der Waals surface area contributed by atoms with Crippen LogP contribution in [0.25, 0.3) is 0 Å². The average molecular weight is 439 g/mol. The van der Waals surface area contributed by atoms with Crippen molar-refractivity contribution >= 4 is 17.4 Å². The third kappa shape index (κ3) is 3.91. The van der Waals surface area contributed by atoms with Gasteiger partial charge in [-0.3, -0.25) is 14.2 Å². The molecule has 0 bridgehead atoms. The number of aliphatic hydroxyl groups excluding tert-OH is 1. The quantitative estimate of drug-likeness (QED) is 0.619. The molecule has 1 aliphatic heterocycles. The van der Waals surface area contributed by atoms with Crippen LogP contribution in [0.5, 0.6) is 5.88 Å². The van der Waals surface area contributed by atoms with Gasteiger partial charge in [0.15, 0.2) is 5.82 Å². The van der Waals surface area contributed by atoms with E-state index in [0.29, 0.717) is 10.6 Å². The van der Waals surface area contributed by atoms with Crippen molar-refractivity contribution < 1.29 is 23.4 Å². The third-order valence-electron chi connectivity index (χ3n) is 4.38. The molecular formula is C17H13ClF2N6O4. The van der Waals surface area contributed by atoms with Crippen molar-refractivity contribution in [2.45, 2.75) is 31.7 Å². The van der Waals surface area contributed by atoms with Crippen LogP contribution < -0.4 is 10.3 Å². The number of benzene rings is 1. The standard InChI is InChI=1S/C17H13ClF2N6O4/c18-10-3-1-9(2-4-10)12(27)6-26-23-14(22-24-26)7-25-8-21-15-11(16(25)29)5-13(28)17(19,20)30-15/h1-4,8,12,27H,5-7H2/t12-/m0/s1.